The minimum Gasteiger partial charge on any atom is -0.480 e. The Balaban J connectivity index is 2.27. The molecule has 0 saturated carbocycles. The van der Waals surface area contributed by atoms with Crippen LogP contribution < -0.4 is 0 Å². The first kappa shape index (κ1) is 15.3. The Labute approximate surface area is 125 Å². The maximum atomic E-state index is 11.2. The molecule has 1 unspecified atom stereocenters. The van der Waals surface area contributed by atoms with E-state index in [1.165, 1.54) is 11.1 Å². The number of hydrogen-bond donors (Lipinski definition) is 1. The molecule has 0 aliphatic heterocycles. The molecule has 2 aromatic rings. The largest absolute Gasteiger partial charge is 0.480 e. The smallest absolute Gasteiger partial charge is 0.320 e. The van der Waals surface area contributed by atoms with E-state index in [0.29, 0.717) is 6.54 Å². The van der Waals surface area contributed by atoms with Crippen molar-refractivity contribution >= 4 is 5.97 Å². The summed E-state index contributed by atoms with van der Waals surface area (Å²) in [5.74, 6) is -0.628. The molecular formula is C18H21NO2. The van der Waals surface area contributed by atoms with Gasteiger partial charge < -0.3 is 5.11 Å². The molecular weight excluding hydrogens is 262 g/mol. The monoisotopic (exact) mass is 283 g/mol. The van der Waals surface area contributed by atoms with E-state index in [1.807, 2.05) is 48.3 Å². The molecule has 0 amide bonds. The van der Waals surface area contributed by atoms with Gasteiger partial charge in [0.25, 0.3) is 0 Å². The topological polar surface area (TPSA) is 40.5 Å². The predicted molar refractivity (Wildman–Crippen MR) is 84.5 cm³/mol. The molecule has 0 heterocycles. The molecule has 0 aliphatic carbocycles. The summed E-state index contributed by atoms with van der Waals surface area (Å²) in [7, 11) is 1.86. The lowest BCUT2D eigenvalue weighted by Gasteiger charge is -2.27. The fourth-order valence-electron chi connectivity index (χ4n) is 2.41. The third kappa shape index (κ3) is 3.92. The van der Waals surface area contributed by atoms with Gasteiger partial charge in [-0.2, -0.15) is 0 Å². The Hall–Kier alpha value is -2.13. The van der Waals surface area contributed by atoms with E-state index in [9.17, 15) is 4.79 Å². The van der Waals surface area contributed by atoms with E-state index >= 15 is 0 Å². The number of carboxylic acids is 1. The van der Waals surface area contributed by atoms with Gasteiger partial charge in [-0.05, 0) is 25.1 Å². The molecule has 1 atom stereocenters. The minimum atomic E-state index is -0.794. The lowest BCUT2D eigenvalue weighted by atomic mass is 9.90. The zero-order chi connectivity index (χ0) is 15.2. The van der Waals surface area contributed by atoms with Crippen LogP contribution in [0.15, 0.2) is 60.7 Å². The number of nitrogens with zero attached hydrogens (tertiary/aromatic N) is 1. The highest BCUT2D eigenvalue weighted by molar-refractivity contribution is 5.72. The van der Waals surface area contributed by atoms with Crippen molar-refractivity contribution in [3.05, 3.63) is 71.8 Å². The van der Waals surface area contributed by atoms with E-state index in [-0.39, 0.29) is 5.92 Å². The molecule has 3 nitrogen and oxygen atoms in total. The number of benzene rings is 2. The quantitative estimate of drug-likeness (QED) is 0.885. The van der Waals surface area contributed by atoms with Gasteiger partial charge in [-0.1, -0.05) is 60.7 Å². The van der Waals surface area contributed by atoms with Gasteiger partial charge in [-0.3, -0.25) is 9.69 Å². The van der Waals surface area contributed by atoms with Crippen molar-refractivity contribution in [2.75, 3.05) is 13.6 Å². The number of aliphatic carboxylic acids is 1. The molecule has 21 heavy (non-hydrogen) atoms. The second kappa shape index (κ2) is 7.04. The maximum absolute atomic E-state index is 11.2. The highest BCUT2D eigenvalue weighted by atomic mass is 16.4. The fraction of sp³-hybridized carbons (Fsp3) is 0.278. The minimum absolute atomic E-state index is 0.166. The zero-order valence-electron chi connectivity index (χ0n) is 12.4. The van der Waals surface area contributed by atoms with Crippen LogP contribution in [0.3, 0.4) is 0 Å². The van der Waals surface area contributed by atoms with E-state index in [0.717, 1.165) is 0 Å². The van der Waals surface area contributed by atoms with Crippen LogP contribution in [0.4, 0.5) is 0 Å². The SMILES string of the molecule is CC(C(=O)O)N(C)CC(c1ccccc1)c1ccccc1. The molecule has 0 radical (unpaired) electrons. The summed E-state index contributed by atoms with van der Waals surface area (Å²) in [6.45, 7) is 2.39. The van der Waals surface area contributed by atoms with Crippen LogP contribution in [0, 0.1) is 0 Å². The molecule has 110 valence electrons. The molecule has 0 saturated heterocycles. The fourth-order valence-corrected chi connectivity index (χ4v) is 2.41. The summed E-state index contributed by atoms with van der Waals surface area (Å²) in [5, 5.41) is 9.16. The van der Waals surface area contributed by atoms with Crippen molar-refractivity contribution in [1.29, 1.82) is 0 Å². The van der Waals surface area contributed by atoms with Crippen LogP contribution in [-0.2, 0) is 4.79 Å². The maximum Gasteiger partial charge on any atom is 0.320 e. The second-order valence-electron chi connectivity index (χ2n) is 5.33. The average Bonchev–Trinajstić information content (AvgIpc) is 2.53. The van der Waals surface area contributed by atoms with Crippen LogP contribution in [0.2, 0.25) is 0 Å². The standard InChI is InChI=1S/C18H21NO2/c1-14(18(20)21)19(2)13-17(15-9-5-3-6-10-15)16-11-7-4-8-12-16/h3-12,14,17H,13H2,1-2H3,(H,20,21). The van der Waals surface area contributed by atoms with Crippen LogP contribution in [0.5, 0.6) is 0 Å². The first-order valence-electron chi connectivity index (χ1n) is 7.12. The number of likely N-dealkylation sites (N-methyl/N-ethyl adjacent to an activating group) is 1. The number of carbonyl (C=O) groups is 1. The average molecular weight is 283 g/mol. The molecule has 0 aliphatic rings. The van der Waals surface area contributed by atoms with Gasteiger partial charge in [-0.25, -0.2) is 0 Å². The lowest BCUT2D eigenvalue weighted by Crippen LogP contribution is -2.38. The van der Waals surface area contributed by atoms with Gasteiger partial charge in [-0.15, -0.1) is 0 Å². The predicted octanol–water partition coefficient (Wildman–Crippen LogP) is 3.22. The van der Waals surface area contributed by atoms with Crippen molar-refractivity contribution in [2.45, 2.75) is 18.9 Å². The molecule has 1 N–H and O–H groups in total. The van der Waals surface area contributed by atoms with E-state index in [4.69, 9.17) is 5.11 Å². The van der Waals surface area contributed by atoms with Crippen molar-refractivity contribution < 1.29 is 9.90 Å². The third-order valence-corrected chi connectivity index (χ3v) is 3.89. The highest BCUT2D eigenvalue weighted by Crippen LogP contribution is 2.25. The Morgan fingerprint density at radius 3 is 1.81 bits per heavy atom. The van der Waals surface area contributed by atoms with Gasteiger partial charge >= 0.3 is 5.97 Å². The van der Waals surface area contributed by atoms with Crippen molar-refractivity contribution in [2.24, 2.45) is 0 Å². The summed E-state index contributed by atoms with van der Waals surface area (Å²) >= 11 is 0. The third-order valence-electron chi connectivity index (χ3n) is 3.89. The molecule has 2 rings (SSSR count). The van der Waals surface area contributed by atoms with Gasteiger partial charge in [0.05, 0.1) is 0 Å². The zero-order valence-corrected chi connectivity index (χ0v) is 12.4. The molecule has 2 aromatic carbocycles. The first-order chi connectivity index (χ1) is 10.1. The van der Waals surface area contributed by atoms with Crippen molar-refractivity contribution in [3.8, 4) is 0 Å². The van der Waals surface area contributed by atoms with Gasteiger partial charge in [0.1, 0.15) is 6.04 Å². The highest BCUT2D eigenvalue weighted by Gasteiger charge is 2.22. The van der Waals surface area contributed by atoms with Crippen LogP contribution in [-0.4, -0.2) is 35.6 Å². The Kier molecular flexibility index (Phi) is 5.12. The number of carboxylic acid groups (broad SMARTS) is 1. The molecule has 0 fully saturated rings. The van der Waals surface area contributed by atoms with Gasteiger partial charge in [0, 0.05) is 12.5 Å². The number of rotatable bonds is 6. The lowest BCUT2D eigenvalue weighted by molar-refractivity contribution is -0.142. The second-order valence-corrected chi connectivity index (χ2v) is 5.33. The Morgan fingerprint density at radius 1 is 1.00 bits per heavy atom. The summed E-state index contributed by atoms with van der Waals surface area (Å²) < 4.78 is 0. The van der Waals surface area contributed by atoms with Crippen LogP contribution in [0.25, 0.3) is 0 Å². The summed E-state index contributed by atoms with van der Waals surface area (Å²) in [6, 6.07) is 19.9. The normalized spacial score (nSPS) is 12.6. The summed E-state index contributed by atoms with van der Waals surface area (Å²) in [4.78, 5) is 13.0. The molecule has 0 bridgehead atoms. The van der Waals surface area contributed by atoms with Crippen LogP contribution in [0.1, 0.15) is 24.0 Å². The van der Waals surface area contributed by atoms with Crippen LogP contribution >= 0.6 is 0 Å². The van der Waals surface area contributed by atoms with E-state index in [2.05, 4.69) is 24.3 Å². The number of hydrogen-bond acceptors (Lipinski definition) is 2. The van der Waals surface area contributed by atoms with Crippen molar-refractivity contribution in [3.63, 3.8) is 0 Å². The first-order valence-corrected chi connectivity index (χ1v) is 7.12. The Morgan fingerprint density at radius 2 is 1.43 bits per heavy atom. The Bertz CT molecular complexity index is 529. The van der Waals surface area contributed by atoms with Gasteiger partial charge in [0.15, 0.2) is 0 Å². The molecule has 3 heteroatoms. The summed E-state index contributed by atoms with van der Waals surface area (Å²) in [6.07, 6.45) is 0. The van der Waals surface area contributed by atoms with Gasteiger partial charge in [0.2, 0.25) is 0 Å². The van der Waals surface area contributed by atoms with E-state index < -0.39 is 12.0 Å². The van der Waals surface area contributed by atoms with E-state index in [1.54, 1.807) is 6.92 Å². The van der Waals surface area contributed by atoms with Crippen molar-refractivity contribution in [1.82, 2.24) is 4.90 Å². The summed E-state index contributed by atoms with van der Waals surface area (Å²) in [5.41, 5.74) is 2.40. The molecule has 0 aromatic heterocycles. The molecule has 0 spiro atoms.